The van der Waals surface area contributed by atoms with Crippen LogP contribution >= 0.6 is 11.6 Å². The first-order valence-corrected chi connectivity index (χ1v) is 8.74. The summed E-state index contributed by atoms with van der Waals surface area (Å²) in [5, 5.41) is 0.520. The molecule has 0 bridgehead atoms. The van der Waals surface area contributed by atoms with E-state index in [9.17, 15) is 9.59 Å². The van der Waals surface area contributed by atoms with Crippen molar-refractivity contribution in [3.05, 3.63) is 93.9 Å². The van der Waals surface area contributed by atoms with Crippen LogP contribution in [0.25, 0.3) is 0 Å². The third-order valence-electron chi connectivity index (χ3n) is 4.58. The van der Waals surface area contributed by atoms with E-state index in [1.54, 1.807) is 59.7 Å². The minimum atomic E-state index is -0.118. The molecule has 2 aromatic carbocycles. The first-order chi connectivity index (χ1) is 12.6. The predicted molar refractivity (Wildman–Crippen MR) is 98.5 cm³/mol. The zero-order chi connectivity index (χ0) is 18.1. The van der Waals surface area contributed by atoms with Crippen LogP contribution in [0.15, 0.2) is 65.3 Å². The summed E-state index contributed by atoms with van der Waals surface area (Å²) in [4.78, 5) is 27.0. The number of hydrogen-bond acceptors (Lipinski definition) is 3. The average Bonchev–Trinajstić information content (AvgIpc) is 3.15. The standard InChI is InChI=1S/C21H16ClNO3/c22-18-3-1-2-16(12-18)20(24)14-4-6-15(7-5-14)21(25)23-10-8-19-17(13-23)9-11-26-19/h1-7,9,11-12H,8,10,13H2. The molecule has 5 heteroatoms. The molecule has 0 N–H and O–H groups in total. The molecule has 0 saturated heterocycles. The number of nitrogens with zero attached hydrogens (tertiary/aromatic N) is 1. The van der Waals surface area contributed by atoms with Gasteiger partial charge in [-0.1, -0.05) is 35.9 Å². The number of ketones is 1. The molecule has 1 aliphatic heterocycles. The zero-order valence-corrected chi connectivity index (χ0v) is 14.7. The highest BCUT2D eigenvalue weighted by molar-refractivity contribution is 6.31. The Hall–Kier alpha value is -2.85. The minimum Gasteiger partial charge on any atom is -0.469 e. The number of carbonyl (C=O) groups is 2. The molecule has 1 aliphatic rings. The van der Waals surface area contributed by atoms with E-state index in [1.807, 2.05) is 6.07 Å². The smallest absolute Gasteiger partial charge is 0.254 e. The summed E-state index contributed by atoms with van der Waals surface area (Å²) in [6.45, 7) is 1.18. The lowest BCUT2D eigenvalue weighted by molar-refractivity contribution is 0.0729. The molecule has 1 aromatic heterocycles. The molecular weight excluding hydrogens is 350 g/mol. The van der Waals surface area contributed by atoms with Gasteiger partial charge in [0, 0.05) is 46.8 Å². The lowest BCUT2D eigenvalue weighted by atomic mass is 10.0. The molecule has 3 aromatic rings. The molecule has 0 aliphatic carbocycles. The second-order valence-corrected chi connectivity index (χ2v) is 6.70. The van der Waals surface area contributed by atoms with Crippen LogP contribution in [0.2, 0.25) is 5.02 Å². The molecule has 0 unspecified atom stereocenters. The minimum absolute atomic E-state index is 0.0430. The Labute approximate surface area is 156 Å². The van der Waals surface area contributed by atoms with Gasteiger partial charge in [0.15, 0.2) is 5.78 Å². The number of carbonyl (C=O) groups excluding carboxylic acids is 2. The summed E-state index contributed by atoms with van der Waals surface area (Å²) in [5.41, 5.74) is 2.68. The fraction of sp³-hybridized carbons (Fsp3) is 0.143. The van der Waals surface area contributed by atoms with Gasteiger partial charge in [0.1, 0.15) is 5.76 Å². The predicted octanol–water partition coefficient (Wildman–Crippen LogP) is 4.36. The molecule has 0 radical (unpaired) electrons. The fourth-order valence-corrected chi connectivity index (χ4v) is 3.36. The molecule has 26 heavy (non-hydrogen) atoms. The van der Waals surface area contributed by atoms with E-state index in [2.05, 4.69) is 0 Å². The van der Waals surface area contributed by atoms with Crippen molar-refractivity contribution in [1.82, 2.24) is 4.90 Å². The van der Waals surface area contributed by atoms with Crippen molar-refractivity contribution in [2.45, 2.75) is 13.0 Å². The van der Waals surface area contributed by atoms with Gasteiger partial charge in [0.2, 0.25) is 0 Å². The lowest BCUT2D eigenvalue weighted by Gasteiger charge is -2.26. The van der Waals surface area contributed by atoms with Crippen LogP contribution in [0.4, 0.5) is 0 Å². The van der Waals surface area contributed by atoms with Gasteiger partial charge in [-0.05, 0) is 30.3 Å². The molecule has 0 saturated carbocycles. The van der Waals surface area contributed by atoms with Crippen LogP contribution in [0.1, 0.15) is 37.6 Å². The second kappa shape index (κ2) is 6.81. The normalized spacial score (nSPS) is 13.3. The van der Waals surface area contributed by atoms with E-state index in [1.165, 1.54) is 0 Å². The van der Waals surface area contributed by atoms with Gasteiger partial charge in [-0.25, -0.2) is 0 Å². The average molecular weight is 366 g/mol. The number of fused-ring (bicyclic) bond motifs is 1. The van der Waals surface area contributed by atoms with Gasteiger partial charge in [-0.3, -0.25) is 9.59 Å². The number of hydrogen-bond donors (Lipinski definition) is 0. The van der Waals surface area contributed by atoms with Crippen molar-refractivity contribution in [3.63, 3.8) is 0 Å². The molecule has 130 valence electrons. The first-order valence-electron chi connectivity index (χ1n) is 8.36. The Morgan fingerprint density at radius 3 is 2.50 bits per heavy atom. The van der Waals surface area contributed by atoms with E-state index in [4.69, 9.17) is 16.0 Å². The van der Waals surface area contributed by atoms with Crippen molar-refractivity contribution in [2.24, 2.45) is 0 Å². The number of rotatable bonds is 3. The van der Waals surface area contributed by atoms with Crippen molar-refractivity contribution < 1.29 is 14.0 Å². The highest BCUT2D eigenvalue weighted by Gasteiger charge is 2.23. The number of amides is 1. The zero-order valence-electron chi connectivity index (χ0n) is 13.9. The van der Waals surface area contributed by atoms with Crippen LogP contribution < -0.4 is 0 Å². The first kappa shape index (κ1) is 16.6. The Bertz CT molecular complexity index is 975. The molecule has 0 atom stereocenters. The number of furan rings is 1. The number of benzene rings is 2. The number of halogens is 1. The van der Waals surface area contributed by atoms with E-state index in [0.717, 1.165) is 17.7 Å². The lowest BCUT2D eigenvalue weighted by Crippen LogP contribution is -2.35. The molecular formula is C21H16ClNO3. The maximum Gasteiger partial charge on any atom is 0.254 e. The summed E-state index contributed by atoms with van der Waals surface area (Å²) in [7, 11) is 0. The summed E-state index contributed by atoms with van der Waals surface area (Å²) in [6.07, 6.45) is 2.38. The summed E-state index contributed by atoms with van der Waals surface area (Å²) in [5.74, 6) is 0.794. The highest BCUT2D eigenvalue weighted by atomic mass is 35.5. The molecule has 0 spiro atoms. The second-order valence-electron chi connectivity index (χ2n) is 6.26. The third-order valence-corrected chi connectivity index (χ3v) is 4.81. The summed E-state index contributed by atoms with van der Waals surface area (Å²) in [6, 6.07) is 15.5. The molecule has 1 amide bonds. The Morgan fingerprint density at radius 1 is 0.962 bits per heavy atom. The summed E-state index contributed by atoms with van der Waals surface area (Å²) >= 11 is 5.95. The molecule has 2 heterocycles. The van der Waals surface area contributed by atoms with Gasteiger partial charge in [-0.15, -0.1) is 0 Å². The van der Waals surface area contributed by atoms with Gasteiger partial charge in [0.05, 0.1) is 6.26 Å². The Balaban J connectivity index is 1.51. The quantitative estimate of drug-likeness (QED) is 0.648. The van der Waals surface area contributed by atoms with E-state index in [-0.39, 0.29) is 11.7 Å². The van der Waals surface area contributed by atoms with Crippen LogP contribution in [-0.4, -0.2) is 23.1 Å². The van der Waals surface area contributed by atoms with Crippen molar-refractivity contribution >= 4 is 23.3 Å². The van der Waals surface area contributed by atoms with Crippen LogP contribution in [0, 0.1) is 0 Å². The highest BCUT2D eigenvalue weighted by Crippen LogP contribution is 2.22. The topological polar surface area (TPSA) is 50.5 Å². The van der Waals surface area contributed by atoms with Gasteiger partial charge < -0.3 is 9.32 Å². The van der Waals surface area contributed by atoms with Crippen LogP contribution in [-0.2, 0) is 13.0 Å². The fourth-order valence-electron chi connectivity index (χ4n) is 3.16. The van der Waals surface area contributed by atoms with Crippen LogP contribution in [0.3, 0.4) is 0 Å². The monoisotopic (exact) mass is 365 g/mol. The summed E-state index contributed by atoms with van der Waals surface area (Å²) < 4.78 is 5.40. The van der Waals surface area contributed by atoms with Crippen molar-refractivity contribution in [1.29, 1.82) is 0 Å². The van der Waals surface area contributed by atoms with Crippen molar-refractivity contribution in [2.75, 3.05) is 6.54 Å². The molecule has 4 rings (SSSR count). The van der Waals surface area contributed by atoms with Crippen molar-refractivity contribution in [3.8, 4) is 0 Å². The Morgan fingerprint density at radius 2 is 1.73 bits per heavy atom. The van der Waals surface area contributed by atoms with Crippen LogP contribution in [0.5, 0.6) is 0 Å². The largest absolute Gasteiger partial charge is 0.469 e. The van der Waals surface area contributed by atoms with Gasteiger partial charge >= 0.3 is 0 Å². The van der Waals surface area contributed by atoms with E-state index < -0.39 is 0 Å². The molecule has 4 nitrogen and oxygen atoms in total. The maximum absolute atomic E-state index is 12.7. The van der Waals surface area contributed by atoms with Gasteiger partial charge in [-0.2, -0.15) is 0 Å². The maximum atomic E-state index is 12.7. The van der Waals surface area contributed by atoms with E-state index >= 15 is 0 Å². The molecule has 0 fully saturated rings. The Kier molecular flexibility index (Phi) is 4.35. The van der Waals surface area contributed by atoms with Gasteiger partial charge in [0.25, 0.3) is 5.91 Å². The third kappa shape index (κ3) is 3.16. The van der Waals surface area contributed by atoms with E-state index in [0.29, 0.717) is 34.8 Å². The SMILES string of the molecule is O=C(c1ccc(C(=O)N2CCc3occc3C2)cc1)c1cccc(Cl)c1.